The standard InChI is InChI=1S/C18H28N4O3S/c1-25-17(23)16(6-14-26-2)20-18(24)22-12-10-21(11-13-22)9-5-15-3-7-19-8-4-15/h3-4,7-8,16H,5-6,9-14H2,1-2H3,(H,20,24). The first-order valence-corrected chi connectivity index (χ1v) is 10.3. The molecule has 2 heterocycles. The highest BCUT2D eigenvalue weighted by Gasteiger charge is 2.26. The molecule has 144 valence electrons. The van der Waals surface area contributed by atoms with Crippen LogP contribution in [0.3, 0.4) is 0 Å². The van der Waals surface area contributed by atoms with E-state index >= 15 is 0 Å². The third-order valence-corrected chi connectivity index (χ3v) is 5.16. The minimum Gasteiger partial charge on any atom is -0.467 e. The van der Waals surface area contributed by atoms with Crippen LogP contribution in [0.5, 0.6) is 0 Å². The molecule has 0 radical (unpaired) electrons. The fourth-order valence-electron chi connectivity index (χ4n) is 2.88. The van der Waals surface area contributed by atoms with Gasteiger partial charge in [0.2, 0.25) is 0 Å². The lowest BCUT2D eigenvalue weighted by Gasteiger charge is -2.35. The van der Waals surface area contributed by atoms with Gasteiger partial charge in [-0.25, -0.2) is 9.59 Å². The van der Waals surface area contributed by atoms with Crippen LogP contribution in [-0.2, 0) is 16.0 Å². The number of carbonyl (C=O) groups is 2. The molecule has 2 amide bonds. The van der Waals surface area contributed by atoms with Crippen molar-refractivity contribution < 1.29 is 14.3 Å². The summed E-state index contributed by atoms with van der Waals surface area (Å²) in [5.74, 6) is 0.409. The molecule has 0 aromatic carbocycles. The van der Waals surface area contributed by atoms with Crippen molar-refractivity contribution in [3.63, 3.8) is 0 Å². The van der Waals surface area contributed by atoms with Crippen LogP contribution in [0.25, 0.3) is 0 Å². The summed E-state index contributed by atoms with van der Waals surface area (Å²) in [5.41, 5.74) is 1.27. The summed E-state index contributed by atoms with van der Waals surface area (Å²) in [6.07, 6.45) is 7.15. The van der Waals surface area contributed by atoms with Gasteiger partial charge in [-0.1, -0.05) is 0 Å². The van der Waals surface area contributed by atoms with Crippen molar-refractivity contribution in [1.82, 2.24) is 20.1 Å². The number of methoxy groups -OCH3 is 1. The Morgan fingerprint density at radius 3 is 2.58 bits per heavy atom. The molecule has 1 unspecified atom stereocenters. The molecular weight excluding hydrogens is 352 g/mol. The molecule has 0 spiro atoms. The lowest BCUT2D eigenvalue weighted by Crippen LogP contribution is -2.55. The Morgan fingerprint density at radius 2 is 1.96 bits per heavy atom. The molecule has 8 heteroatoms. The van der Waals surface area contributed by atoms with Crippen molar-refractivity contribution in [1.29, 1.82) is 0 Å². The van der Waals surface area contributed by atoms with E-state index in [2.05, 4.69) is 15.2 Å². The van der Waals surface area contributed by atoms with Crippen LogP contribution < -0.4 is 5.32 Å². The van der Waals surface area contributed by atoms with E-state index in [1.807, 2.05) is 30.8 Å². The van der Waals surface area contributed by atoms with Gasteiger partial charge in [0.25, 0.3) is 0 Å². The molecule has 0 aliphatic carbocycles. The number of amides is 2. The molecule has 7 nitrogen and oxygen atoms in total. The van der Waals surface area contributed by atoms with Crippen molar-refractivity contribution in [3.05, 3.63) is 30.1 Å². The molecule has 2 rings (SSSR count). The first-order chi connectivity index (χ1) is 12.6. The maximum absolute atomic E-state index is 12.5. The molecule has 1 aliphatic heterocycles. The number of hydrogen-bond acceptors (Lipinski definition) is 6. The number of urea groups is 1. The molecule has 1 fully saturated rings. The van der Waals surface area contributed by atoms with Crippen molar-refractivity contribution in [3.8, 4) is 0 Å². The van der Waals surface area contributed by atoms with E-state index in [0.29, 0.717) is 19.5 Å². The molecule has 1 aromatic rings. The van der Waals surface area contributed by atoms with Gasteiger partial charge in [0.05, 0.1) is 7.11 Å². The fourth-order valence-corrected chi connectivity index (χ4v) is 3.35. The SMILES string of the molecule is COC(=O)C(CCSC)NC(=O)N1CCN(CCc2ccncc2)CC1. The number of pyridine rings is 1. The highest BCUT2D eigenvalue weighted by atomic mass is 32.2. The normalized spacial score (nSPS) is 16.2. The monoisotopic (exact) mass is 380 g/mol. The number of esters is 1. The predicted molar refractivity (Wildman–Crippen MR) is 103 cm³/mol. The van der Waals surface area contributed by atoms with Gasteiger partial charge in [0.15, 0.2) is 0 Å². The largest absolute Gasteiger partial charge is 0.467 e. The first-order valence-electron chi connectivity index (χ1n) is 8.87. The minimum absolute atomic E-state index is 0.185. The van der Waals surface area contributed by atoms with Crippen LogP contribution >= 0.6 is 11.8 Å². The number of thioether (sulfide) groups is 1. The Kier molecular flexibility index (Phi) is 8.70. The fraction of sp³-hybridized carbons (Fsp3) is 0.611. The Hall–Kier alpha value is -1.80. The number of nitrogens with zero attached hydrogens (tertiary/aromatic N) is 3. The summed E-state index contributed by atoms with van der Waals surface area (Å²) in [4.78, 5) is 32.4. The molecule has 1 atom stereocenters. The number of piperazine rings is 1. The molecule has 0 saturated carbocycles. The number of nitrogens with one attached hydrogen (secondary N) is 1. The highest BCUT2D eigenvalue weighted by Crippen LogP contribution is 2.07. The van der Waals surface area contributed by atoms with Gasteiger partial charge in [-0.3, -0.25) is 9.88 Å². The van der Waals surface area contributed by atoms with Gasteiger partial charge in [0.1, 0.15) is 6.04 Å². The summed E-state index contributed by atoms with van der Waals surface area (Å²) in [6.45, 7) is 3.98. The zero-order valence-corrected chi connectivity index (χ0v) is 16.3. The van der Waals surface area contributed by atoms with Gasteiger partial charge in [-0.15, -0.1) is 0 Å². The summed E-state index contributed by atoms with van der Waals surface area (Å²) in [6, 6.07) is 3.30. The van der Waals surface area contributed by atoms with Gasteiger partial charge >= 0.3 is 12.0 Å². The highest BCUT2D eigenvalue weighted by molar-refractivity contribution is 7.98. The summed E-state index contributed by atoms with van der Waals surface area (Å²) in [5, 5.41) is 2.82. The van der Waals surface area contributed by atoms with Crippen LogP contribution in [0.15, 0.2) is 24.5 Å². The van der Waals surface area contributed by atoms with E-state index in [9.17, 15) is 9.59 Å². The van der Waals surface area contributed by atoms with Crippen LogP contribution in [0, 0.1) is 0 Å². The number of aromatic nitrogens is 1. The Morgan fingerprint density at radius 1 is 1.27 bits per heavy atom. The topological polar surface area (TPSA) is 74.8 Å². The quantitative estimate of drug-likeness (QED) is 0.684. The van der Waals surface area contributed by atoms with Crippen molar-refractivity contribution in [2.45, 2.75) is 18.9 Å². The Bertz CT molecular complexity index is 565. The Balaban J connectivity index is 1.75. The second-order valence-corrected chi connectivity index (χ2v) is 7.23. The Labute approximate surface area is 159 Å². The van der Waals surface area contributed by atoms with Gasteiger partial charge < -0.3 is 15.0 Å². The number of ether oxygens (including phenoxy) is 1. The van der Waals surface area contributed by atoms with E-state index in [4.69, 9.17) is 4.74 Å². The average molecular weight is 381 g/mol. The minimum atomic E-state index is -0.579. The molecule has 0 bridgehead atoms. The number of carbonyl (C=O) groups excluding carboxylic acids is 2. The molecule has 26 heavy (non-hydrogen) atoms. The third kappa shape index (κ3) is 6.49. The predicted octanol–water partition coefficient (Wildman–Crippen LogP) is 1.25. The smallest absolute Gasteiger partial charge is 0.328 e. The number of hydrogen-bond donors (Lipinski definition) is 1. The van der Waals surface area contributed by atoms with E-state index in [0.717, 1.165) is 31.8 Å². The lowest BCUT2D eigenvalue weighted by molar-refractivity contribution is -0.142. The molecule has 1 N–H and O–H groups in total. The van der Waals surface area contributed by atoms with Crippen molar-refractivity contribution in [2.75, 3.05) is 51.8 Å². The second kappa shape index (κ2) is 11.0. The van der Waals surface area contributed by atoms with Crippen LogP contribution in [0.4, 0.5) is 4.79 Å². The maximum Gasteiger partial charge on any atom is 0.328 e. The average Bonchev–Trinajstić information content (AvgIpc) is 2.70. The molecule has 1 aromatic heterocycles. The summed E-state index contributed by atoms with van der Waals surface area (Å²) in [7, 11) is 1.35. The van der Waals surface area contributed by atoms with E-state index in [-0.39, 0.29) is 12.0 Å². The van der Waals surface area contributed by atoms with Gasteiger partial charge in [0, 0.05) is 45.1 Å². The molecule has 1 saturated heterocycles. The lowest BCUT2D eigenvalue weighted by atomic mass is 10.2. The van der Waals surface area contributed by atoms with E-state index < -0.39 is 6.04 Å². The van der Waals surface area contributed by atoms with Crippen LogP contribution in [0.1, 0.15) is 12.0 Å². The van der Waals surface area contributed by atoms with Crippen molar-refractivity contribution >= 4 is 23.8 Å². The number of rotatable bonds is 8. The third-order valence-electron chi connectivity index (χ3n) is 4.52. The summed E-state index contributed by atoms with van der Waals surface area (Å²) < 4.78 is 4.79. The maximum atomic E-state index is 12.5. The van der Waals surface area contributed by atoms with E-state index in [1.54, 1.807) is 16.7 Å². The zero-order valence-electron chi connectivity index (χ0n) is 15.5. The van der Waals surface area contributed by atoms with Crippen molar-refractivity contribution in [2.24, 2.45) is 0 Å². The summed E-state index contributed by atoms with van der Waals surface area (Å²) >= 11 is 1.64. The van der Waals surface area contributed by atoms with E-state index in [1.165, 1.54) is 12.7 Å². The first kappa shape index (κ1) is 20.5. The van der Waals surface area contributed by atoms with Crippen LogP contribution in [-0.4, -0.2) is 84.7 Å². The molecular formula is C18H28N4O3S. The van der Waals surface area contributed by atoms with Gasteiger partial charge in [-0.05, 0) is 42.5 Å². The second-order valence-electron chi connectivity index (χ2n) is 6.24. The van der Waals surface area contributed by atoms with Gasteiger partial charge in [-0.2, -0.15) is 11.8 Å². The molecule has 1 aliphatic rings. The zero-order chi connectivity index (χ0) is 18.8. The van der Waals surface area contributed by atoms with Crippen LogP contribution in [0.2, 0.25) is 0 Å².